The minimum atomic E-state index is 0.222. The van der Waals surface area contributed by atoms with E-state index in [1.165, 1.54) is 6.42 Å². The van der Waals surface area contributed by atoms with Gasteiger partial charge in [-0.2, -0.15) is 0 Å². The van der Waals surface area contributed by atoms with Gasteiger partial charge >= 0.3 is 0 Å². The van der Waals surface area contributed by atoms with E-state index in [1.807, 2.05) is 18.2 Å². The summed E-state index contributed by atoms with van der Waals surface area (Å²) in [5.74, 6) is 1.75. The molecule has 1 aromatic rings. The number of morpholine rings is 1. The number of piperidine rings is 1. The number of amides is 1. The van der Waals surface area contributed by atoms with Gasteiger partial charge in [0.25, 0.3) is 0 Å². The van der Waals surface area contributed by atoms with Gasteiger partial charge in [-0.3, -0.25) is 9.69 Å². The van der Waals surface area contributed by atoms with E-state index in [0.717, 1.165) is 69.3 Å². The number of ether oxygens (including phenoxy) is 3. The minimum absolute atomic E-state index is 0.222. The number of nitrogens with zero attached hydrogens (tertiary/aromatic N) is 2. The molecule has 142 valence electrons. The molecule has 0 spiro atoms. The second kappa shape index (κ2) is 8.27. The van der Waals surface area contributed by atoms with E-state index in [-0.39, 0.29) is 5.91 Å². The summed E-state index contributed by atoms with van der Waals surface area (Å²) >= 11 is 0. The van der Waals surface area contributed by atoms with Crippen molar-refractivity contribution >= 4 is 5.91 Å². The van der Waals surface area contributed by atoms with Gasteiger partial charge in [0.2, 0.25) is 5.91 Å². The lowest BCUT2D eigenvalue weighted by atomic mass is 10.00. The molecule has 26 heavy (non-hydrogen) atoms. The molecule has 1 aromatic carbocycles. The number of fused-ring (bicyclic) bond motifs is 1. The Hall–Kier alpha value is -1.79. The van der Waals surface area contributed by atoms with Crippen LogP contribution in [0, 0.1) is 0 Å². The van der Waals surface area contributed by atoms with E-state index in [2.05, 4.69) is 9.80 Å². The summed E-state index contributed by atoms with van der Waals surface area (Å²) in [6.07, 6.45) is 3.84. The van der Waals surface area contributed by atoms with Gasteiger partial charge in [-0.25, -0.2) is 0 Å². The van der Waals surface area contributed by atoms with Crippen molar-refractivity contribution in [2.45, 2.75) is 31.7 Å². The average molecular weight is 360 g/mol. The lowest BCUT2D eigenvalue weighted by Gasteiger charge is -2.39. The van der Waals surface area contributed by atoms with Crippen molar-refractivity contribution < 1.29 is 19.0 Å². The number of benzene rings is 1. The van der Waals surface area contributed by atoms with Crippen LogP contribution < -0.4 is 9.47 Å². The van der Waals surface area contributed by atoms with Gasteiger partial charge < -0.3 is 19.1 Å². The molecule has 4 rings (SSSR count). The van der Waals surface area contributed by atoms with Gasteiger partial charge in [0.15, 0.2) is 11.5 Å². The quantitative estimate of drug-likeness (QED) is 0.818. The number of likely N-dealkylation sites (tertiary alicyclic amines) is 1. The summed E-state index contributed by atoms with van der Waals surface area (Å²) in [5, 5.41) is 0. The molecule has 0 bridgehead atoms. The topological polar surface area (TPSA) is 51.2 Å². The zero-order valence-corrected chi connectivity index (χ0v) is 15.3. The highest BCUT2D eigenvalue weighted by Gasteiger charge is 2.29. The molecule has 3 aliphatic rings. The second-order valence-corrected chi connectivity index (χ2v) is 7.30. The predicted octanol–water partition coefficient (Wildman–Crippen LogP) is 1.71. The standard InChI is InChI=1S/C20H28N2O4/c23-20(14-16-4-5-18-19(13-16)26-12-11-25-18)22-6-2-1-3-17(22)15-21-7-9-24-10-8-21/h4-5,13,17H,1-3,6-12,14-15H2/t17-/m1/s1. The Morgan fingerprint density at radius 3 is 2.65 bits per heavy atom. The normalized spacial score (nSPS) is 23.7. The van der Waals surface area contributed by atoms with Gasteiger partial charge in [0.1, 0.15) is 13.2 Å². The van der Waals surface area contributed by atoms with Crippen molar-refractivity contribution in [2.75, 3.05) is 52.6 Å². The first kappa shape index (κ1) is 17.6. The summed E-state index contributed by atoms with van der Waals surface area (Å²) in [6.45, 7) is 6.55. The monoisotopic (exact) mass is 360 g/mol. The zero-order valence-electron chi connectivity index (χ0n) is 15.3. The molecule has 6 nitrogen and oxygen atoms in total. The van der Waals surface area contributed by atoms with Crippen molar-refractivity contribution in [3.8, 4) is 11.5 Å². The molecule has 0 saturated carbocycles. The summed E-state index contributed by atoms with van der Waals surface area (Å²) in [5.41, 5.74) is 0.995. The highest BCUT2D eigenvalue weighted by atomic mass is 16.6. The molecule has 3 aliphatic heterocycles. The van der Waals surface area contributed by atoms with Crippen LogP contribution in [-0.2, 0) is 16.0 Å². The third kappa shape index (κ3) is 4.13. The fraction of sp³-hybridized carbons (Fsp3) is 0.650. The average Bonchev–Trinajstić information content (AvgIpc) is 2.69. The van der Waals surface area contributed by atoms with E-state index in [1.54, 1.807) is 0 Å². The van der Waals surface area contributed by atoms with Gasteiger partial charge in [-0.1, -0.05) is 6.07 Å². The van der Waals surface area contributed by atoms with E-state index in [4.69, 9.17) is 14.2 Å². The number of rotatable bonds is 4. The molecule has 1 atom stereocenters. The van der Waals surface area contributed by atoms with Crippen molar-refractivity contribution in [1.29, 1.82) is 0 Å². The van der Waals surface area contributed by atoms with Crippen LogP contribution in [-0.4, -0.2) is 74.4 Å². The third-order valence-electron chi connectivity index (χ3n) is 5.48. The number of hydrogen-bond acceptors (Lipinski definition) is 5. The van der Waals surface area contributed by atoms with Gasteiger partial charge in [-0.05, 0) is 37.0 Å². The summed E-state index contributed by atoms with van der Waals surface area (Å²) in [6, 6.07) is 6.17. The molecule has 2 saturated heterocycles. The van der Waals surface area contributed by atoms with E-state index < -0.39 is 0 Å². The van der Waals surface area contributed by atoms with Crippen molar-refractivity contribution in [3.63, 3.8) is 0 Å². The van der Waals surface area contributed by atoms with Crippen LogP contribution in [0.1, 0.15) is 24.8 Å². The minimum Gasteiger partial charge on any atom is -0.486 e. The number of carbonyl (C=O) groups excluding carboxylic acids is 1. The Morgan fingerprint density at radius 2 is 1.81 bits per heavy atom. The summed E-state index contributed by atoms with van der Waals surface area (Å²) in [4.78, 5) is 17.5. The molecular formula is C20H28N2O4. The van der Waals surface area contributed by atoms with Crippen molar-refractivity contribution in [1.82, 2.24) is 9.80 Å². The molecule has 0 unspecified atom stereocenters. The van der Waals surface area contributed by atoms with E-state index >= 15 is 0 Å². The Balaban J connectivity index is 1.40. The fourth-order valence-corrected chi connectivity index (χ4v) is 4.07. The van der Waals surface area contributed by atoms with Gasteiger partial charge in [-0.15, -0.1) is 0 Å². The zero-order chi connectivity index (χ0) is 17.8. The lowest BCUT2D eigenvalue weighted by Crippen LogP contribution is -2.51. The number of carbonyl (C=O) groups is 1. The molecule has 2 fully saturated rings. The predicted molar refractivity (Wildman–Crippen MR) is 97.7 cm³/mol. The summed E-state index contributed by atoms with van der Waals surface area (Å²) < 4.78 is 16.7. The van der Waals surface area contributed by atoms with Crippen molar-refractivity contribution in [2.24, 2.45) is 0 Å². The van der Waals surface area contributed by atoms with E-state index in [0.29, 0.717) is 25.7 Å². The lowest BCUT2D eigenvalue weighted by molar-refractivity contribution is -0.134. The summed E-state index contributed by atoms with van der Waals surface area (Å²) in [7, 11) is 0. The van der Waals surface area contributed by atoms with Gasteiger partial charge in [0, 0.05) is 32.2 Å². The smallest absolute Gasteiger partial charge is 0.227 e. The Labute approximate surface area is 155 Å². The van der Waals surface area contributed by atoms with Crippen LogP contribution in [0.15, 0.2) is 18.2 Å². The third-order valence-corrected chi connectivity index (χ3v) is 5.48. The first-order valence-electron chi connectivity index (χ1n) is 9.78. The Kier molecular flexibility index (Phi) is 5.60. The molecule has 0 aromatic heterocycles. The highest BCUT2D eigenvalue weighted by Crippen LogP contribution is 2.31. The first-order chi connectivity index (χ1) is 12.8. The largest absolute Gasteiger partial charge is 0.486 e. The maximum absolute atomic E-state index is 13.0. The molecule has 0 aliphatic carbocycles. The van der Waals surface area contributed by atoms with Crippen LogP contribution >= 0.6 is 0 Å². The Bertz CT molecular complexity index is 630. The Morgan fingerprint density at radius 1 is 1.00 bits per heavy atom. The molecule has 6 heteroatoms. The van der Waals surface area contributed by atoms with Crippen LogP contribution in [0.5, 0.6) is 11.5 Å². The molecule has 1 amide bonds. The molecule has 0 radical (unpaired) electrons. The van der Waals surface area contributed by atoms with Crippen molar-refractivity contribution in [3.05, 3.63) is 23.8 Å². The van der Waals surface area contributed by atoms with Crippen LogP contribution in [0.4, 0.5) is 0 Å². The maximum Gasteiger partial charge on any atom is 0.227 e. The van der Waals surface area contributed by atoms with Crippen LogP contribution in [0.25, 0.3) is 0 Å². The molecule has 0 N–H and O–H groups in total. The highest BCUT2D eigenvalue weighted by molar-refractivity contribution is 5.79. The number of hydrogen-bond donors (Lipinski definition) is 0. The SMILES string of the molecule is O=C(Cc1ccc2c(c1)OCCO2)N1CCCC[C@@H]1CN1CCOCC1. The second-order valence-electron chi connectivity index (χ2n) is 7.30. The first-order valence-corrected chi connectivity index (χ1v) is 9.78. The van der Waals surface area contributed by atoms with Gasteiger partial charge in [0.05, 0.1) is 19.6 Å². The maximum atomic E-state index is 13.0. The van der Waals surface area contributed by atoms with Crippen LogP contribution in [0.2, 0.25) is 0 Å². The van der Waals surface area contributed by atoms with E-state index in [9.17, 15) is 4.79 Å². The molecule has 3 heterocycles. The molecular weight excluding hydrogens is 332 g/mol. The fourth-order valence-electron chi connectivity index (χ4n) is 4.07. The van der Waals surface area contributed by atoms with Crippen LogP contribution in [0.3, 0.4) is 0 Å².